The third kappa shape index (κ3) is 4.66. The van der Waals surface area contributed by atoms with Crippen molar-refractivity contribution in [2.24, 2.45) is 0 Å². The minimum atomic E-state index is -0.529. The Morgan fingerprint density at radius 3 is 2.61 bits per heavy atom. The molecule has 1 fully saturated rings. The van der Waals surface area contributed by atoms with Gasteiger partial charge >= 0.3 is 0 Å². The fourth-order valence-corrected chi connectivity index (χ4v) is 5.19. The van der Waals surface area contributed by atoms with Gasteiger partial charge in [-0.1, -0.05) is 13.0 Å². The van der Waals surface area contributed by atoms with Crippen molar-refractivity contribution in [3.05, 3.63) is 64.3 Å². The van der Waals surface area contributed by atoms with Gasteiger partial charge in [-0.3, -0.25) is 19.3 Å². The number of amides is 3. The molecule has 33 heavy (non-hydrogen) atoms. The maximum atomic E-state index is 13.0. The molecule has 6 nitrogen and oxygen atoms in total. The topological polar surface area (TPSA) is 69.7 Å². The van der Waals surface area contributed by atoms with E-state index in [1.165, 1.54) is 35.5 Å². The Kier molecular flexibility index (Phi) is 6.05. The lowest BCUT2D eigenvalue weighted by molar-refractivity contribution is -0.127. The standard InChI is InChI=1S/C25H26FN3O3S/c1-15-13-25(2,3)28(4)20-10-5-16(11-19(15)20)12-21-23(31)29(24(32)33-21)14-22(30)27-18-8-6-17(26)7-9-18/h5-12,15H,13-14H2,1-4H3,(H,27,30)/b21-12-/t15-/m1/s1. The van der Waals surface area contributed by atoms with E-state index in [2.05, 4.69) is 50.2 Å². The van der Waals surface area contributed by atoms with Gasteiger partial charge in [0.05, 0.1) is 4.91 Å². The van der Waals surface area contributed by atoms with Crippen molar-refractivity contribution >= 4 is 46.3 Å². The average molecular weight is 468 g/mol. The van der Waals surface area contributed by atoms with Gasteiger partial charge in [0.15, 0.2) is 0 Å². The molecular weight excluding hydrogens is 441 g/mol. The summed E-state index contributed by atoms with van der Waals surface area (Å²) >= 11 is 0.824. The Balaban J connectivity index is 1.49. The highest BCUT2D eigenvalue weighted by molar-refractivity contribution is 8.18. The summed E-state index contributed by atoms with van der Waals surface area (Å²) in [5, 5.41) is 2.07. The van der Waals surface area contributed by atoms with Gasteiger partial charge in [-0.15, -0.1) is 0 Å². The Hall–Kier alpha value is -3.13. The van der Waals surface area contributed by atoms with Crippen LogP contribution in [0.4, 0.5) is 20.6 Å². The second-order valence-electron chi connectivity index (χ2n) is 9.12. The number of rotatable bonds is 4. The number of nitrogens with one attached hydrogen (secondary N) is 1. The molecule has 0 aliphatic carbocycles. The summed E-state index contributed by atoms with van der Waals surface area (Å²) in [4.78, 5) is 41.0. The largest absolute Gasteiger partial charge is 0.369 e. The summed E-state index contributed by atoms with van der Waals surface area (Å²) in [5.41, 5.74) is 3.67. The second kappa shape index (κ2) is 8.67. The van der Waals surface area contributed by atoms with Crippen LogP contribution in [-0.2, 0) is 9.59 Å². The predicted molar refractivity (Wildman–Crippen MR) is 130 cm³/mol. The molecule has 2 heterocycles. The van der Waals surface area contributed by atoms with Crippen LogP contribution in [0.3, 0.4) is 0 Å². The number of nitrogens with zero attached hydrogens (tertiary/aromatic N) is 2. The van der Waals surface area contributed by atoms with Crippen LogP contribution < -0.4 is 10.2 Å². The van der Waals surface area contributed by atoms with Crippen LogP contribution in [0.15, 0.2) is 47.4 Å². The highest BCUT2D eigenvalue weighted by atomic mass is 32.2. The number of carbonyl (C=O) groups is 3. The van der Waals surface area contributed by atoms with E-state index in [9.17, 15) is 18.8 Å². The van der Waals surface area contributed by atoms with Gasteiger partial charge in [-0.05, 0) is 91.5 Å². The van der Waals surface area contributed by atoms with Crippen molar-refractivity contribution in [1.82, 2.24) is 4.90 Å². The molecule has 172 valence electrons. The van der Waals surface area contributed by atoms with Crippen molar-refractivity contribution in [2.75, 3.05) is 23.8 Å². The molecule has 4 rings (SSSR count). The first-order valence-corrected chi connectivity index (χ1v) is 11.6. The third-order valence-electron chi connectivity index (χ3n) is 6.26. The zero-order valence-corrected chi connectivity index (χ0v) is 19.8. The molecule has 0 radical (unpaired) electrons. The minimum Gasteiger partial charge on any atom is -0.369 e. The van der Waals surface area contributed by atoms with E-state index in [0.29, 0.717) is 11.6 Å². The molecule has 3 amide bonds. The van der Waals surface area contributed by atoms with Crippen molar-refractivity contribution in [2.45, 2.75) is 38.6 Å². The summed E-state index contributed by atoms with van der Waals surface area (Å²) in [5.74, 6) is -1.08. The van der Waals surface area contributed by atoms with Gasteiger partial charge in [0, 0.05) is 24.0 Å². The molecule has 2 aliphatic rings. The molecule has 2 aromatic carbocycles. The van der Waals surface area contributed by atoms with Gasteiger partial charge < -0.3 is 10.2 Å². The lowest BCUT2D eigenvalue weighted by Gasteiger charge is -2.45. The van der Waals surface area contributed by atoms with E-state index in [1.54, 1.807) is 6.08 Å². The second-order valence-corrected chi connectivity index (χ2v) is 10.1. The van der Waals surface area contributed by atoms with Gasteiger partial charge in [0.2, 0.25) is 5.91 Å². The first kappa shape index (κ1) is 23.0. The number of carbonyl (C=O) groups excluding carboxylic acids is 3. The van der Waals surface area contributed by atoms with E-state index in [0.717, 1.165) is 28.6 Å². The van der Waals surface area contributed by atoms with E-state index >= 15 is 0 Å². The van der Waals surface area contributed by atoms with Crippen LogP contribution in [0.5, 0.6) is 0 Å². The normalized spacial score (nSPS) is 20.9. The average Bonchev–Trinajstić information content (AvgIpc) is 3.01. The molecule has 0 spiro atoms. The molecule has 8 heteroatoms. The van der Waals surface area contributed by atoms with Crippen molar-refractivity contribution < 1.29 is 18.8 Å². The molecule has 1 atom stereocenters. The first-order valence-electron chi connectivity index (χ1n) is 10.7. The number of hydrogen-bond acceptors (Lipinski definition) is 5. The van der Waals surface area contributed by atoms with Crippen LogP contribution in [0, 0.1) is 5.82 Å². The van der Waals surface area contributed by atoms with Crippen molar-refractivity contribution in [3.63, 3.8) is 0 Å². The summed E-state index contributed by atoms with van der Waals surface area (Å²) in [6.07, 6.45) is 2.72. The Bertz CT molecular complexity index is 1160. The predicted octanol–water partition coefficient (Wildman–Crippen LogP) is 5.22. The summed E-state index contributed by atoms with van der Waals surface area (Å²) < 4.78 is 13.0. The van der Waals surface area contributed by atoms with Gasteiger partial charge in [-0.25, -0.2) is 4.39 Å². The Labute approximate surface area is 196 Å². The Morgan fingerprint density at radius 2 is 1.91 bits per heavy atom. The van der Waals surface area contributed by atoms with Crippen molar-refractivity contribution in [1.29, 1.82) is 0 Å². The fraction of sp³-hybridized carbons (Fsp3) is 0.320. The third-order valence-corrected chi connectivity index (χ3v) is 7.17. The zero-order valence-electron chi connectivity index (χ0n) is 19.0. The van der Waals surface area contributed by atoms with Crippen LogP contribution in [0.2, 0.25) is 0 Å². The summed E-state index contributed by atoms with van der Waals surface area (Å²) in [6, 6.07) is 11.3. The molecule has 2 aromatic rings. The number of imide groups is 1. The van der Waals surface area contributed by atoms with Crippen molar-refractivity contribution in [3.8, 4) is 0 Å². The molecule has 2 aliphatic heterocycles. The van der Waals surface area contributed by atoms with E-state index in [-0.39, 0.29) is 10.4 Å². The summed E-state index contributed by atoms with van der Waals surface area (Å²) in [7, 11) is 2.09. The maximum absolute atomic E-state index is 13.0. The molecule has 0 saturated carbocycles. The van der Waals surface area contributed by atoms with Gasteiger partial charge in [-0.2, -0.15) is 0 Å². The molecular formula is C25H26FN3O3S. The maximum Gasteiger partial charge on any atom is 0.294 e. The molecule has 1 saturated heterocycles. The molecule has 1 N–H and O–H groups in total. The van der Waals surface area contributed by atoms with Crippen LogP contribution >= 0.6 is 11.8 Å². The number of thioether (sulfide) groups is 1. The molecule has 0 bridgehead atoms. The van der Waals surface area contributed by atoms with Gasteiger partial charge in [0.1, 0.15) is 12.4 Å². The monoisotopic (exact) mass is 467 g/mol. The van der Waals surface area contributed by atoms with E-state index in [1.807, 2.05) is 6.07 Å². The zero-order chi connectivity index (χ0) is 23.9. The Morgan fingerprint density at radius 1 is 1.21 bits per heavy atom. The number of benzene rings is 2. The molecule has 0 unspecified atom stereocenters. The number of halogens is 1. The number of anilines is 2. The van der Waals surface area contributed by atoms with E-state index in [4.69, 9.17) is 0 Å². The highest BCUT2D eigenvalue weighted by Crippen LogP contribution is 2.43. The van der Waals surface area contributed by atoms with Crippen LogP contribution in [-0.4, -0.2) is 41.1 Å². The number of hydrogen-bond donors (Lipinski definition) is 1. The van der Waals surface area contributed by atoms with E-state index < -0.39 is 29.4 Å². The summed E-state index contributed by atoms with van der Waals surface area (Å²) in [6.45, 7) is 6.25. The lowest BCUT2D eigenvalue weighted by atomic mass is 9.80. The van der Waals surface area contributed by atoms with Crippen LogP contribution in [0.25, 0.3) is 6.08 Å². The smallest absolute Gasteiger partial charge is 0.294 e. The number of fused-ring (bicyclic) bond motifs is 1. The van der Waals surface area contributed by atoms with Gasteiger partial charge in [0.25, 0.3) is 11.1 Å². The highest BCUT2D eigenvalue weighted by Gasteiger charge is 2.37. The molecule has 0 aromatic heterocycles. The quantitative estimate of drug-likeness (QED) is 0.624. The SMILES string of the molecule is C[C@@H]1CC(C)(C)N(C)c2ccc(/C=C3\SC(=O)N(CC(=O)Nc4ccc(F)cc4)C3=O)cc21. The van der Waals surface area contributed by atoms with Crippen LogP contribution in [0.1, 0.15) is 44.2 Å². The lowest BCUT2D eigenvalue weighted by Crippen LogP contribution is -2.45. The minimum absolute atomic E-state index is 0.0606. The fourth-order valence-electron chi connectivity index (χ4n) is 4.35. The first-order chi connectivity index (χ1) is 15.5.